The number of nitrogens with one attached hydrogen (secondary N) is 1. The molecule has 0 aliphatic heterocycles. The highest BCUT2D eigenvalue weighted by Gasteiger charge is 2.31. The lowest BCUT2D eigenvalue weighted by molar-refractivity contribution is -0.137. The van der Waals surface area contributed by atoms with Crippen molar-refractivity contribution in [2.75, 3.05) is 5.32 Å². The van der Waals surface area contributed by atoms with E-state index in [9.17, 15) is 17.6 Å². The maximum Gasteiger partial charge on any atom is 0.416 e. The number of halogens is 4. The van der Waals surface area contributed by atoms with E-state index in [0.29, 0.717) is 24.1 Å². The Bertz CT molecular complexity index is 592. The fourth-order valence-electron chi connectivity index (χ4n) is 1.60. The molecular formula is C13H12F4N2O. The summed E-state index contributed by atoms with van der Waals surface area (Å²) in [6, 6.07) is 2.32. The molecule has 0 radical (unpaired) electrons. The first-order valence-electron chi connectivity index (χ1n) is 5.94. The molecule has 0 saturated carbocycles. The molecule has 1 N–H and O–H groups in total. The molecule has 3 nitrogen and oxygen atoms in total. The van der Waals surface area contributed by atoms with Crippen molar-refractivity contribution in [3.8, 4) is 0 Å². The summed E-state index contributed by atoms with van der Waals surface area (Å²) >= 11 is 0. The lowest BCUT2D eigenvalue weighted by Gasteiger charge is -2.10. The fourth-order valence-corrected chi connectivity index (χ4v) is 1.60. The molecule has 1 heterocycles. The first kappa shape index (κ1) is 14.4. The molecule has 20 heavy (non-hydrogen) atoms. The number of aromatic nitrogens is 1. The Labute approximate surface area is 112 Å². The van der Waals surface area contributed by atoms with Gasteiger partial charge in [-0.25, -0.2) is 9.37 Å². The van der Waals surface area contributed by atoms with Gasteiger partial charge in [-0.15, -0.1) is 0 Å². The Morgan fingerprint density at radius 1 is 1.30 bits per heavy atom. The molecule has 0 atom stereocenters. The van der Waals surface area contributed by atoms with E-state index in [2.05, 4.69) is 10.3 Å². The predicted octanol–water partition coefficient (Wildman–Crippen LogP) is 4.01. The molecule has 1 aromatic carbocycles. The average Bonchev–Trinajstić information content (AvgIpc) is 2.84. The van der Waals surface area contributed by atoms with Gasteiger partial charge in [0.2, 0.25) is 5.89 Å². The summed E-state index contributed by atoms with van der Waals surface area (Å²) in [5.41, 5.74) is -1.06. The van der Waals surface area contributed by atoms with E-state index in [1.54, 1.807) is 6.20 Å². The molecule has 0 amide bonds. The van der Waals surface area contributed by atoms with Crippen molar-refractivity contribution in [3.05, 3.63) is 47.4 Å². The van der Waals surface area contributed by atoms with Crippen molar-refractivity contribution in [2.45, 2.75) is 26.1 Å². The Balaban J connectivity index is 2.06. The van der Waals surface area contributed by atoms with Crippen molar-refractivity contribution < 1.29 is 22.0 Å². The van der Waals surface area contributed by atoms with Crippen molar-refractivity contribution in [1.82, 2.24) is 4.98 Å². The molecule has 2 aromatic rings. The van der Waals surface area contributed by atoms with Gasteiger partial charge in [0.25, 0.3) is 0 Å². The lowest BCUT2D eigenvalue weighted by atomic mass is 10.2. The largest absolute Gasteiger partial charge is 0.444 e. The molecule has 0 fully saturated rings. The SMILES string of the molecule is CCc1cnc(CNc2ccc(C(F)(F)F)cc2F)o1. The zero-order valence-electron chi connectivity index (χ0n) is 10.6. The highest BCUT2D eigenvalue weighted by molar-refractivity contribution is 5.46. The Hall–Kier alpha value is -2.05. The minimum atomic E-state index is -4.56. The van der Waals surface area contributed by atoms with Gasteiger partial charge in [0.15, 0.2) is 0 Å². The smallest absolute Gasteiger partial charge is 0.416 e. The maximum absolute atomic E-state index is 13.5. The second kappa shape index (κ2) is 5.52. The van der Waals surface area contributed by atoms with Crippen molar-refractivity contribution in [2.24, 2.45) is 0 Å². The van der Waals surface area contributed by atoms with E-state index in [4.69, 9.17) is 4.42 Å². The van der Waals surface area contributed by atoms with Gasteiger partial charge in [0.1, 0.15) is 11.6 Å². The molecule has 0 aliphatic rings. The number of aryl methyl sites for hydroxylation is 1. The third kappa shape index (κ3) is 3.28. The molecular weight excluding hydrogens is 276 g/mol. The summed E-state index contributed by atoms with van der Waals surface area (Å²) in [7, 11) is 0. The third-order valence-corrected chi connectivity index (χ3v) is 2.68. The fraction of sp³-hybridized carbons (Fsp3) is 0.308. The van der Waals surface area contributed by atoms with Crippen molar-refractivity contribution in [3.63, 3.8) is 0 Å². The summed E-state index contributed by atoms with van der Waals surface area (Å²) in [5.74, 6) is 0.0675. The second-order valence-electron chi connectivity index (χ2n) is 4.12. The van der Waals surface area contributed by atoms with Gasteiger partial charge in [-0.3, -0.25) is 0 Å². The van der Waals surface area contributed by atoms with E-state index < -0.39 is 17.6 Å². The molecule has 0 saturated heterocycles. The second-order valence-corrected chi connectivity index (χ2v) is 4.12. The van der Waals surface area contributed by atoms with Crippen LogP contribution in [-0.4, -0.2) is 4.98 Å². The maximum atomic E-state index is 13.5. The molecule has 108 valence electrons. The summed E-state index contributed by atoms with van der Waals surface area (Å²) < 4.78 is 56.0. The van der Waals surface area contributed by atoms with Crippen LogP contribution in [-0.2, 0) is 19.1 Å². The minimum Gasteiger partial charge on any atom is -0.444 e. The normalized spacial score (nSPS) is 11.7. The molecule has 2 rings (SSSR count). The number of oxazole rings is 1. The number of benzene rings is 1. The number of hydrogen-bond donors (Lipinski definition) is 1. The van der Waals surface area contributed by atoms with Gasteiger partial charge in [-0.1, -0.05) is 6.92 Å². The number of rotatable bonds is 4. The lowest BCUT2D eigenvalue weighted by Crippen LogP contribution is -2.07. The molecule has 0 spiro atoms. The Morgan fingerprint density at radius 2 is 2.05 bits per heavy atom. The van der Waals surface area contributed by atoms with Crippen LogP contribution in [0.15, 0.2) is 28.8 Å². The summed E-state index contributed by atoms with van der Waals surface area (Å²) in [4.78, 5) is 3.96. The molecule has 1 aromatic heterocycles. The van der Waals surface area contributed by atoms with Crippen LogP contribution in [0.5, 0.6) is 0 Å². The molecule has 0 unspecified atom stereocenters. The van der Waals surface area contributed by atoms with Crippen LogP contribution in [0.4, 0.5) is 23.2 Å². The van der Waals surface area contributed by atoms with E-state index in [0.717, 1.165) is 12.1 Å². The van der Waals surface area contributed by atoms with Crippen LogP contribution in [0.25, 0.3) is 0 Å². The van der Waals surface area contributed by atoms with E-state index >= 15 is 0 Å². The standard InChI is InChI=1S/C13H12F4N2O/c1-2-9-6-19-12(20-9)7-18-11-4-3-8(5-10(11)14)13(15,16)17/h3-6,18H,2,7H2,1H3. The average molecular weight is 288 g/mol. The Morgan fingerprint density at radius 3 is 2.60 bits per heavy atom. The van der Waals surface area contributed by atoms with Crippen LogP contribution in [0.1, 0.15) is 24.1 Å². The van der Waals surface area contributed by atoms with Gasteiger partial charge in [-0.2, -0.15) is 13.2 Å². The summed E-state index contributed by atoms with van der Waals surface area (Å²) in [5, 5.41) is 2.65. The molecule has 7 heteroatoms. The van der Waals surface area contributed by atoms with Gasteiger partial charge in [-0.05, 0) is 18.2 Å². The number of hydrogen-bond acceptors (Lipinski definition) is 3. The van der Waals surface area contributed by atoms with Gasteiger partial charge >= 0.3 is 6.18 Å². The van der Waals surface area contributed by atoms with Crippen LogP contribution >= 0.6 is 0 Å². The zero-order valence-corrected chi connectivity index (χ0v) is 10.6. The first-order chi connectivity index (χ1) is 9.40. The van der Waals surface area contributed by atoms with E-state index in [-0.39, 0.29) is 12.2 Å². The summed E-state index contributed by atoms with van der Waals surface area (Å²) in [6.07, 6.45) is -2.32. The molecule has 0 bridgehead atoms. The first-order valence-corrected chi connectivity index (χ1v) is 5.94. The number of anilines is 1. The van der Waals surface area contributed by atoms with Crippen LogP contribution < -0.4 is 5.32 Å². The Kier molecular flexibility index (Phi) is 3.96. The third-order valence-electron chi connectivity index (χ3n) is 2.68. The quantitative estimate of drug-likeness (QED) is 0.864. The topological polar surface area (TPSA) is 38.1 Å². The van der Waals surface area contributed by atoms with E-state index in [1.807, 2.05) is 6.92 Å². The van der Waals surface area contributed by atoms with Gasteiger partial charge in [0.05, 0.1) is 24.0 Å². The number of alkyl halides is 3. The minimum absolute atomic E-state index is 0.0331. The van der Waals surface area contributed by atoms with E-state index in [1.165, 1.54) is 0 Å². The van der Waals surface area contributed by atoms with Crippen molar-refractivity contribution >= 4 is 5.69 Å². The monoisotopic (exact) mass is 288 g/mol. The van der Waals surface area contributed by atoms with Crippen LogP contribution in [0.2, 0.25) is 0 Å². The predicted molar refractivity (Wildman–Crippen MR) is 64.6 cm³/mol. The van der Waals surface area contributed by atoms with Gasteiger partial charge < -0.3 is 9.73 Å². The zero-order chi connectivity index (χ0) is 14.8. The highest BCUT2D eigenvalue weighted by atomic mass is 19.4. The number of nitrogens with zero attached hydrogens (tertiary/aromatic N) is 1. The molecule has 0 aliphatic carbocycles. The van der Waals surface area contributed by atoms with Crippen LogP contribution in [0, 0.1) is 5.82 Å². The highest BCUT2D eigenvalue weighted by Crippen LogP contribution is 2.31. The van der Waals surface area contributed by atoms with Crippen molar-refractivity contribution in [1.29, 1.82) is 0 Å². The van der Waals surface area contributed by atoms with Gasteiger partial charge in [0, 0.05) is 6.42 Å². The summed E-state index contributed by atoms with van der Waals surface area (Å²) in [6.45, 7) is 2.00. The van der Waals surface area contributed by atoms with Crippen LogP contribution in [0.3, 0.4) is 0 Å².